The summed E-state index contributed by atoms with van der Waals surface area (Å²) in [7, 11) is 0. The van der Waals surface area contributed by atoms with E-state index in [1.54, 1.807) is 11.8 Å². The molecule has 4 rings (SSSR count). The average Bonchev–Trinajstić information content (AvgIpc) is 3.22. The Labute approximate surface area is 198 Å². The van der Waals surface area contributed by atoms with Crippen molar-refractivity contribution >= 4 is 23.5 Å². The maximum atomic E-state index is 12.5. The SMILES string of the molecule is Cc1ccc(-n2c(CNC(=O)Nc3ccc(C)cc3C)nnc2SCc2ccccc2)cc1. The molecule has 1 aromatic heterocycles. The summed E-state index contributed by atoms with van der Waals surface area (Å²) in [5.41, 5.74) is 6.33. The van der Waals surface area contributed by atoms with Gasteiger partial charge in [-0.15, -0.1) is 10.2 Å². The van der Waals surface area contributed by atoms with Crippen molar-refractivity contribution in [3.8, 4) is 5.69 Å². The number of anilines is 1. The minimum atomic E-state index is -0.279. The fourth-order valence-corrected chi connectivity index (χ4v) is 4.39. The predicted molar refractivity (Wildman–Crippen MR) is 134 cm³/mol. The number of hydrogen-bond donors (Lipinski definition) is 2. The molecule has 0 radical (unpaired) electrons. The van der Waals surface area contributed by atoms with Gasteiger partial charge in [0.2, 0.25) is 0 Å². The van der Waals surface area contributed by atoms with Gasteiger partial charge in [0.05, 0.1) is 6.54 Å². The molecule has 4 aromatic rings. The number of nitrogens with zero attached hydrogens (tertiary/aromatic N) is 3. The van der Waals surface area contributed by atoms with Crippen LogP contribution in [0.2, 0.25) is 0 Å². The van der Waals surface area contributed by atoms with Crippen molar-refractivity contribution in [2.24, 2.45) is 0 Å². The smallest absolute Gasteiger partial charge is 0.319 e. The molecule has 0 fully saturated rings. The highest BCUT2D eigenvalue weighted by molar-refractivity contribution is 7.98. The quantitative estimate of drug-likeness (QED) is 0.344. The van der Waals surface area contributed by atoms with Crippen LogP contribution in [-0.2, 0) is 12.3 Å². The van der Waals surface area contributed by atoms with Gasteiger partial charge in [-0.2, -0.15) is 0 Å². The van der Waals surface area contributed by atoms with E-state index in [1.165, 1.54) is 11.1 Å². The van der Waals surface area contributed by atoms with Crippen LogP contribution in [0.3, 0.4) is 0 Å². The average molecular weight is 458 g/mol. The Morgan fingerprint density at radius 1 is 0.909 bits per heavy atom. The number of nitrogens with one attached hydrogen (secondary N) is 2. The van der Waals surface area contributed by atoms with Crippen LogP contribution >= 0.6 is 11.8 Å². The summed E-state index contributed by atoms with van der Waals surface area (Å²) < 4.78 is 2.00. The van der Waals surface area contributed by atoms with Gasteiger partial charge in [0.15, 0.2) is 11.0 Å². The summed E-state index contributed by atoms with van der Waals surface area (Å²) in [4.78, 5) is 12.5. The molecule has 0 aliphatic heterocycles. The van der Waals surface area contributed by atoms with E-state index in [2.05, 4.69) is 52.0 Å². The Morgan fingerprint density at radius 3 is 2.36 bits per heavy atom. The van der Waals surface area contributed by atoms with Crippen LogP contribution in [-0.4, -0.2) is 20.8 Å². The number of thioether (sulfide) groups is 1. The molecule has 33 heavy (non-hydrogen) atoms. The highest BCUT2D eigenvalue weighted by atomic mass is 32.2. The lowest BCUT2D eigenvalue weighted by atomic mass is 10.1. The van der Waals surface area contributed by atoms with Gasteiger partial charge in [-0.3, -0.25) is 4.57 Å². The summed E-state index contributed by atoms with van der Waals surface area (Å²) >= 11 is 1.62. The third-order valence-electron chi connectivity index (χ3n) is 5.24. The third kappa shape index (κ3) is 5.81. The molecular formula is C26H27N5OS. The molecule has 7 heteroatoms. The number of carbonyl (C=O) groups excluding carboxylic acids is 1. The molecule has 0 atom stereocenters. The highest BCUT2D eigenvalue weighted by Gasteiger charge is 2.16. The van der Waals surface area contributed by atoms with Crippen LogP contribution < -0.4 is 10.6 Å². The topological polar surface area (TPSA) is 71.8 Å². The first kappa shape index (κ1) is 22.6. The number of urea groups is 1. The van der Waals surface area contributed by atoms with Crippen molar-refractivity contribution < 1.29 is 4.79 Å². The van der Waals surface area contributed by atoms with Gasteiger partial charge in [-0.05, 0) is 50.1 Å². The molecule has 6 nitrogen and oxygen atoms in total. The fraction of sp³-hybridized carbons (Fsp3) is 0.192. The molecule has 3 aromatic carbocycles. The first-order valence-corrected chi connectivity index (χ1v) is 11.8. The molecule has 2 amide bonds. The number of aryl methyl sites for hydroxylation is 3. The molecule has 0 spiro atoms. The van der Waals surface area contributed by atoms with Crippen LogP contribution in [0, 0.1) is 20.8 Å². The molecule has 0 saturated carbocycles. The van der Waals surface area contributed by atoms with E-state index in [9.17, 15) is 4.79 Å². The third-order valence-corrected chi connectivity index (χ3v) is 6.24. The summed E-state index contributed by atoms with van der Waals surface area (Å²) in [6, 6.07) is 24.1. The molecule has 0 aliphatic carbocycles. The number of rotatable bonds is 7. The maximum absolute atomic E-state index is 12.5. The number of carbonyl (C=O) groups is 1. The Balaban J connectivity index is 1.51. The van der Waals surface area contributed by atoms with E-state index in [4.69, 9.17) is 0 Å². The van der Waals surface area contributed by atoms with Gasteiger partial charge in [0.25, 0.3) is 0 Å². The second-order valence-electron chi connectivity index (χ2n) is 7.97. The lowest BCUT2D eigenvalue weighted by Crippen LogP contribution is -2.29. The lowest BCUT2D eigenvalue weighted by Gasteiger charge is -2.13. The van der Waals surface area contributed by atoms with E-state index in [1.807, 2.05) is 66.9 Å². The molecule has 168 valence electrons. The van der Waals surface area contributed by atoms with Crippen LogP contribution in [0.1, 0.15) is 28.1 Å². The number of aromatic nitrogens is 3. The van der Waals surface area contributed by atoms with Crippen molar-refractivity contribution in [1.29, 1.82) is 0 Å². The van der Waals surface area contributed by atoms with Gasteiger partial charge in [-0.25, -0.2) is 4.79 Å². The molecular weight excluding hydrogens is 430 g/mol. The lowest BCUT2D eigenvalue weighted by molar-refractivity contribution is 0.251. The minimum Gasteiger partial charge on any atom is -0.331 e. The fourth-order valence-electron chi connectivity index (χ4n) is 3.46. The van der Waals surface area contributed by atoms with Crippen LogP contribution in [0.4, 0.5) is 10.5 Å². The highest BCUT2D eigenvalue weighted by Crippen LogP contribution is 2.25. The number of benzene rings is 3. The predicted octanol–water partition coefficient (Wildman–Crippen LogP) is 5.81. The molecule has 1 heterocycles. The standard InChI is InChI=1S/C26H27N5OS/c1-18-9-12-22(13-10-18)31-24(29-30-26(31)33-17-21-7-5-4-6-8-21)16-27-25(32)28-23-14-11-19(2)15-20(23)3/h4-15H,16-17H2,1-3H3,(H2,27,28,32). The molecule has 0 aliphatic rings. The van der Waals surface area contributed by atoms with Gasteiger partial charge < -0.3 is 10.6 Å². The zero-order valence-corrected chi connectivity index (χ0v) is 19.8. The van der Waals surface area contributed by atoms with Crippen LogP contribution in [0.25, 0.3) is 5.69 Å². The van der Waals surface area contributed by atoms with Gasteiger partial charge in [-0.1, -0.05) is 77.5 Å². The van der Waals surface area contributed by atoms with Crippen molar-refractivity contribution in [2.75, 3.05) is 5.32 Å². The first-order chi connectivity index (χ1) is 16.0. The number of hydrogen-bond acceptors (Lipinski definition) is 4. The second-order valence-corrected chi connectivity index (χ2v) is 8.91. The Kier molecular flexibility index (Phi) is 7.10. The maximum Gasteiger partial charge on any atom is 0.319 e. The second kappa shape index (κ2) is 10.4. The number of amides is 2. The normalized spacial score (nSPS) is 10.8. The molecule has 0 unspecified atom stereocenters. The van der Waals surface area contributed by atoms with Crippen molar-refractivity contribution in [1.82, 2.24) is 20.1 Å². The molecule has 0 saturated heterocycles. The summed E-state index contributed by atoms with van der Waals surface area (Å²) in [5, 5.41) is 15.4. The molecule has 2 N–H and O–H groups in total. The molecule has 0 bridgehead atoms. The zero-order chi connectivity index (χ0) is 23.2. The Bertz CT molecular complexity index is 1240. The summed E-state index contributed by atoms with van der Waals surface area (Å²) in [6.07, 6.45) is 0. The Morgan fingerprint density at radius 2 is 1.64 bits per heavy atom. The van der Waals surface area contributed by atoms with E-state index in [0.29, 0.717) is 5.82 Å². The van der Waals surface area contributed by atoms with Gasteiger partial charge in [0, 0.05) is 17.1 Å². The van der Waals surface area contributed by atoms with Gasteiger partial charge in [0.1, 0.15) is 0 Å². The summed E-state index contributed by atoms with van der Waals surface area (Å²) in [5.74, 6) is 1.45. The van der Waals surface area contributed by atoms with E-state index in [-0.39, 0.29) is 12.6 Å². The van der Waals surface area contributed by atoms with Crippen molar-refractivity contribution in [3.05, 3.63) is 101 Å². The zero-order valence-electron chi connectivity index (χ0n) is 19.0. The van der Waals surface area contributed by atoms with E-state index in [0.717, 1.165) is 33.4 Å². The summed E-state index contributed by atoms with van der Waals surface area (Å²) in [6.45, 7) is 6.32. The van der Waals surface area contributed by atoms with Crippen molar-refractivity contribution in [2.45, 2.75) is 38.2 Å². The van der Waals surface area contributed by atoms with Crippen molar-refractivity contribution in [3.63, 3.8) is 0 Å². The Hall–Kier alpha value is -3.58. The van der Waals surface area contributed by atoms with E-state index < -0.39 is 0 Å². The van der Waals surface area contributed by atoms with E-state index >= 15 is 0 Å². The van der Waals surface area contributed by atoms with Crippen LogP contribution in [0.15, 0.2) is 78.0 Å². The largest absolute Gasteiger partial charge is 0.331 e. The van der Waals surface area contributed by atoms with Crippen LogP contribution in [0.5, 0.6) is 0 Å². The monoisotopic (exact) mass is 457 g/mol. The first-order valence-electron chi connectivity index (χ1n) is 10.8. The van der Waals surface area contributed by atoms with Gasteiger partial charge >= 0.3 is 6.03 Å². The minimum absolute atomic E-state index is 0.253.